The molecule has 9 aromatic carbocycles. The van der Waals surface area contributed by atoms with E-state index >= 15 is 0 Å². The molecular formula is C71H40IrN3O4. The van der Waals surface area contributed by atoms with Crippen LogP contribution in [-0.2, 0) is 20.1 Å². The quantitative estimate of drug-likeness (QED) is 0.0806. The molecule has 14 rings (SSSR count). The molecule has 8 heteroatoms. The molecule has 0 saturated carbocycles. The molecule has 0 N–H and O–H groups in total. The summed E-state index contributed by atoms with van der Waals surface area (Å²) in [5, 5.41) is 2.10. The first-order valence-corrected chi connectivity index (χ1v) is 25.5. The zero-order chi connectivity index (χ0) is 52.1. The van der Waals surface area contributed by atoms with Crippen molar-refractivity contribution in [2.75, 3.05) is 0 Å². The molecule has 5 aromatic heterocycles. The van der Waals surface area contributed by atoms with Gasteiger partial charge < -0.3 is 23.8 Å². The van der Waals surface area contributed by atoms with Gasteiger partial charge in [0.25, 0.3) is 0 Å². The van der Waals surface area contributed by atoms with Gasteiger partial charge in [0.1, 0.15) is 0 Å². The summed E-state index contributed by atoms with van der Waals surface area (Å²) in [5.41, 5.74) is 18.7. The van der Waals surface area contributed by atoms with E-state index < -0.39 is 11.3 Å². The molecule has 79 heavy (non-hydrogen) atoms. The molecule has 0 atom stereocenters. The monoisotopic (exact) mass is 1190 g/mol. The van der Waals surface area contributed by atoms with Gasteiger partial charge in [-0.1, -0.05) is 202 Å². The van der Waals surface area contributed by atoms with Gasteiger partial charge in [0.2, 0.25) is 0 Å². The molecule has 372 valence electrons. The van der Waals surface area contributed by atoms with Gasteiger partial charge in [0, 0.05) is 51.6 Å². The summed E-state index contributed by atoms with van der Waals surface area (Å²) in [7, 11) is 0. The normalized spacial score (nSPS) is 11.3. The Morgan fingerprint density at radius 3 is 1.22 bits per heavy atom. The van der Waals surface area contributed by atoms with Crippen LogP contribution in [0.15, 0.2) is 261 Å². The zero-order valence-corrected chi connectivity index (χ0v) is 44.3. The van der Waals surface area contributed by atoms with E-state index in [0.717, 1.165) is 89.1 Å². The second kappa shape index (κ2) is 20.5. The fraction of sp³-hybridized carbons (Fsp3) is 0. The Hall–Kier alpha value is -9.98. The second-order valence-corrected chi connectivity index (χ2v) is 19.1. The van der Waals surface area contributed by atoms with Crippen molar-refractivity contribution in [3.63, 3.8) is 0 Å². The van der Waals surface area contributed by atoms with Crippen molar-refractivity contribution in [3.05, 3.63) is 282 Å². The Kier molecular flexibility index (Phi) is 12.6. The Labute approximate surface area is 467 Å². The molecule has 0 aliphatic carbocycles. The number of rotatable bonds is 9. The number of aromatic nitrogens is 3. The van der Waals surface area contributed by atoms with Crippen LogP contribution in [0.4, 0.5) is 0 Å². The molecule has 0 fully saturated rings. The number of hydrogen-bond acceptors (Lipinski definition) is 7. The molecule has 14 aromatic rings. The average molecular weight is 1190 g/mol. The largest absolute Gasteiger partial charge is 3.00 e. The summed E-state index contributed by atoms with van der Waals surface area (Å²) in [6, 6.07) is 86.1. The van der Waals surface area contributed by atoms with E-state index in [1.54, 1.807) is 36.7 Å². The van der Waals surface area contributed by atoms with Gasteiger partial charge in [-0.15, -0.1) is 54.1 Å². The molecule has 0 aliphatic heterocycles. The van der Waals surface area contributed by atoms with Crippen LogP contribution in [0.1, 0.15) is 0 Å². The molecule has 0 saturated heterocycles. The zero-order valence-electron chi connectivity index (χ0n) is 41.9. The second-order valence-electron chi connectivity index (χ2n) is 19.1. The van der Waals surface area contributed by atoms with E-state index in [1.165, 1.54) is 11.1 Å². The molecule has 0 spiro atoms. The maximum atomic E-state index is 13.2. The minimum Gasteiger partial charge on any atom is -0.472 e. The van der Waals surface area contributed by atoms with E-state index in [2.05, 4.69) is 162 Å². The van der Waals surface area contributed by atoms with E-state index in [-0.39, 0.29) is 20.1 Å². The summed E-state index contributed by atoms with van der Waals surface area (Å²) >= 11 is 0. The summed E-state index contributed by atoms with van der Waals surface area (Å²) < 4.78 is 11.8. The van der Waals surface area contributed by atoms with Crippen LogP contribution < -0.4 is 11.3 Å². The van der Waals surface area contributed by atoms with Crippen LogP contribution in [0, 0.1) is 18.2 Å². The molecule has 0 radical (unpaired) electrons. The number of fused-ring (bicyclic) bond motifs is 6. The van der Waals surface area contributed by atoms with Crippen LogP contribution in [0.25, 0.3) is 144 Å². The Balaban J connectivity index is 0.00000591. The summed E-state index contributed by atoms with van der Waals surface area (Å²) in [6.45, 7) is 0. The van der Waals surface area contributed by atoms with Gasteiger partial charge in [-0.05, 0) is 97.7 Å². The summed E-state index contributed by atoms with van der Waals surface area (Å²) in [4.78, 5) is 40.2. The first kappa shape index (κ1) is 48.6. The molecule has 0 unspecified atom stereocenters. The van der Waals surface area contributed by atoms with Gasteiger partial charge in [0.15, 0.2) is 0 Å². The van der Waals surface area contributed by atoms with E-state index in [0.29, 0.717) is 43.7 Å². The van der Waals surface area contributed by atoms with E-state index in [9.17, 15) is 9.59 Å². The van der Waals surface area contributed by atoms with Crippen molar-refractivity contribution in [3.8, 4) is 100 Å². The molecule has 5 heterocycles. The summed E-state index contributed by atoms with van der Waals surface area (Å²) in [6.07, 6.45) is 5.20. The maximum Gasteiger partial charge on any atom is 3.00 e. The molecule has 7 nitrogen and oxygen atoms in total. The fourth-order valence-corrected chi connectivity index (χ4v) is 10.7. The molecule has 0 amide bonds. The number of pyridine rings is 3. The van der Waals surface area contributed by atoms with Crippen molar-refractivity contribution in [1.82, 2.24) is 15.0 Å². The minimum absolute atomic E-state index is 0. The molecular weight excluding hydrogens is 1150 g/mol. The van der Waals surface area contributed by atoms with Crippen LogP contribution in [0.5, 0.6) is 0 Å². The van der Waals surface area contributed by atoms with Gasteiger partial charge in [0.05, 0.1) is 0 Å². The van der Waals surface area contributed by atoms with E-state index in [4.69, 9.17) is 13.8 Å². The Morgan fingerprint density at radius 1 is 0.316 bits per heavy atom. The summed E-state index contributed by atoms with van der Waals surface area (Å²) in [5.74, 6) is 0. The minimum atomic E-state index is -0.450. The third-order valence-corrected chi connectivity index (χ3v) is 14.5. The third kappa shape index (κ3) is 9.05. The first-order chi connectivity index (χ1) is 38.5. The average Bonchev–Trinajstić information content (AvgIpc) is 3.67. The predicted molar refractivity (Wildman–Crippen MR) is 312 cm³/mol. The number of hydrogen-bond donors (Lipinski definition) is 0. The standard InChI is InChI=1S/C71H40N3O4.Ir/c75-70-63-20-10-35-73-68(63)61-32-30-50(42-66(61)77-70)56-15-5-8-18-59(56)53-38-52(39-54(40-53)60-19-9-6-16-57(60)51-31-33-62-67(43-51)78-71(76)64-21-11-36-74-69(62)64)58-17-7-4-14-55(58)47-26-28-48(29-27-47)65-41-49(34-37-72-65)46-24-22-45(23-25-46)44-12-2-1-3-13-44;/h1-28,30-31,34-43H;/q-3;+3. The maximum absolute atomic E-state index is 13.2. The van der Waals surface area contributed by atoms with Gasteiger partial charge >= 0.3 is 31.4 Å². The van der Waals surface area contributed by atoms with E-state index in [1.807, 2.05) is 72.9 Å². The number of benzene rings is 9. The van der Waals surface area contributed by atoms with Crippen molar-refractivity contribution in [1.29, 1.82) is 0 Å². The SMILES string of the molecule is O=c1oc2cc(-c3ccccc3-c3cc(-c4ccccc4-c4c[c-]c(-c5cc(-c6ccc(-c7ccccc7)cc6)ccn5)cc4)cc(-c4ccccc4-c4c[c-]c5c(c4)oc(=O)c4cccnc45)c3)c[c-]c2c2ncccc12.[Ir+3]. The number of nitrogens with zero attached hydrogens (tertiary/aromatic N) is 3. The van der Waals surface area contributed by atoms with Crippen molar-refractivity contribution in [2.45, 2.75) is 0 Å². The molecule has 0 aliphatic rings. The predicted octanol–water partition coefficient (Wildman–Crippen LogP) is 16.8. The van der Waals surface area contributed by atoms with Crippen molar-refractivity contribution < 1.29 is 28.9 Å². The van der Waals surface area contributed by atoms with Crippen LogP contribution in [0.3, 0.4) is 0 Å². The Morgan fingerprint density at radius 2 is 0.734 bits per heavy atom. The van der Waals surface area contributed by atoms with Crippen molar-refractivity contribution >= 4 is 43.7 Å². The van der Waals surface area contributed by atoms with Gasteiger partial charge in [-0.2, -0.15) is 0 Å². The van der Waals surface area contributed by atoms with Gasteiger partial charge in [-0.3, -0.25) is 0 Å². The first-order valence-electron chi connectivity index (χ1n) is 25.5. The smallest absolute Gasteiger partial charge is 0.472 e. The molecule has 0 bridgehead atoms. The van der Waals surface area contributed by atoms with Gasteiger partial charge in [-0.25, -0.2) is 9.59 Å². The van der Waals surface area contributed by atoms with Crippen LogP contribution >= 0.6 is 0 Å². The Bertz CT molecular complexity index is 4590. The fourth-order valence-electron chi connectivity index (χ4n) is 10.7. The van der Waals surface area contributed by atoms with Crippen LogP contribution in [-0.4, -0.2) is 15.0 Å². The van der Waals surface area contributed by atoms with Crippen LogP contribution in [0.2, 0.25) is 0 Å². The van der Waals surface area contributed by atoms with Crippen molar-refractivity contribution in [2.24, 2.45) is 0 Å². The third-order valence-electron chi connectivity index (χ3n) is 14.5. The topological polar surface area (TPSA) is 99.1 Å².